The molecule has 3 rings (SSSR count). The largest absolute Gasteiger partial charge is 0.462 e. The number of benzene rings is 1. The van der Waals surface area contributed by atoms with Crippen LogP contribution in [0.1, 0.15) is 46.7 Å². The summed E-state index contributed by atoms with van der Waals surface area (Å²) in [4.78, 5) is 32.7. The minimum absolute atomic E-state index is 0.000538. The van der Waals surface area contributed by atoms with E-state index in [-0.39, 0.29) is 5.78 Å². The van der Waals surface area contributed by atoms with Crippen molar-refractivity contribution in [3.05, 3.63) is 59.4 Å². The highest BCUT2D eigenvalue weighted by Gasteiger charge is 2.18. The Labute approximate surface area is 157 Å². The van der Waals surface area contributed by atoms with Crippen LogP contribution in [-0.4, -0.2) is 28.3 Å². The Morgan fingerprint density at radius 1 is 1.11 bits per heavy atom. The third-order valence-electron chi connectivity index (χ3n) is 4.09. The van der Waals surface area contributed by atoms with Crippen molar-refractivity contribution < 1.29 is 14.3 Å². The van der Waals surface area contributed by atoms with Gasteiger partial charge in [-0.1, -0.05) is 6.92 Å². The molecule has 0 radical (unpaired) electrons. The van der Waals surface area contributed by atoms with Gasteiger partial charge in [-0.3, -0.25) is 4.79 Å². The molecular weight excluding hydrogens is 342 g/mol. The predicted octanol–water partition coefficient (Wildman–Crippen LogP) is 4.45. The van der Waals surface area contributed by atoms with Gasteiger partial charge in [-0.05, 0) is 56.7 Å². The average Bonchev–Trinajstić information content (AvgIpc) is 2.66. The van der Waals surface area contributed by atoms with Crippen LogP contribution in [0, 0.1) is 6.92 Å². The number of carbonyl (C=O) groups excluding carboxylic acids is 2. The lowest BCUT2D eigenvalue weighted by Gasteiger charge is -2.14. The number of carbonyl (C=O) groups is 2. The Bertz CT molecular complexity index is 997. The summed E-state index contributed by atoms with van der Waals surface area (Å²) in [7, 11) is 0. The molecule has 1 N–H and O–H groups in total. The highest BCUT2D eigenvalue weighted by molar-refractivity contribution is 6.05. The molecule has 0 aliphatic carbocycles. The van der Waals surface area contributed by atoms with E-state index in [1.807, 2.05) is 26.0 Å². The number of pyridine rings is 2. The molecule has 3 aromatic rings. The van der Waals surface area contributed by atoms with Crippen LogP contribution in [-0.2, 0) is 4.74 Å². The second kappa shape index (κ2) is 7.95. The van der Waals surface area contributed by atoms with E-state index in [4.69, 9.17) is 4.74 Å². The standard InChI is InChI=1S/C21H21N3O3/c1-4-11-27-21(26)18-12-22-20-17(10-5-13(2)23-20)19(18)24-16-8-6-15(7-9-16)14(3)25/h5-10,12H,4,11H2,1-3H3,(H,22,23,24). The highest BCUT2D eigenvalue weighted by atomic mass is 16.5. The number of anilines is 2. The summed E-state index contributed by atoms with van der Waals surface area (Å²) in [6.07, 6.45) is 2.22. The van der Waals surface area contributed by atoms with Gasteiger partial charge in [0.15, 0.2) is 11.4 Å². The second-order valence-electron chi connectivity index (χ2n) is 6.27. The Hall–Kier alpha value is -3.28. The molecule has 6 nitrogen and oxygen atoms in total. The van der Waals surface area contributed by atoms with E-state index in [0.29, 0.717) is 29.1 Å². The van der Waals surface area contributed by atoms with E-state index in [9.17, 15) is 9.59 Å². The number of nitrogens with one attached hydrogen (secondary N) is 1. The SMILES string of the molecule is CCCOC(=O)c1cnc2nc(C)ccc2c1Nc1ccc(C(C)=O)cc1. The summed E-state index contributed by atoms with van der Waals surface area (Å²) < 4.78 is 5.29. The summed E-state index contributed by atoms with van der Waals surface area (Å²) in [5, 5.41) is 3.99. The maximum atomic E-state index is 12.5. The molecule has 2 heterocycles. The molecule has 0 aliphatic rings. The number of aryl methyl sites for hydroxylation is 1. The monoisotopic (exact) mass is 363 g/mol. The molecule has 0 atom stereocenters. The molecule has 138 valence electrons. The van der Waals surface area contributed by atoms with Crippen molar-refractivity contribution in [2.24, 2.45) is 0 Å². The Kier molecular flexibility index (Phi) is 5.45. The molecule has 0 saturated carbocycles. The number of rotatable bonds is 6. The average molecular weight is 363 g/mol. The van der Waals surface area contributed by atoms with Crippen molar-refractivity contribution in [3.8, 4) is 0 Å². The first-order valence-corrected chi connectivity index (χ1v) is 8.81. The zero-order valence-corrected chi connectivity index (χ0v) is 15.6. The number of aromatic nitrogens is 2. The summed E-state index contributed by atoms with van der Waals surface area (Å²) in [5.74, 6) is -0.436. The fourth-order valence-electron chi connectivity index (χ4n) is 2.67. The van der Waals surface area contributed by atoms with Gasteiger partial charge in [-0.15, -0.1) is 0 Å². The molecule has 6 heteroatoms. The van der Waals surface area contributed by atoms with Gasteiger partial charge in [0.25, 0.3) is 0 Å². The van der Waals surface area contributed by atoms with Gasteiger partial charge in [0.1, 0.15) is 5.56 Å². The van der Waals surface area contributed by atoms with Gasteiger partial charge < -0.3 is 10.1 Å². The van der Waals surface area contributed by atoms with E-state index in [1.165, 1.54) is 13.1 Å². The predicted molar refractivity (Wildman–Crippen MR) is 105 cm³/mol. The van der Waals surface area contributed by atoms with Crippen LogP contribution in [0.15, 0.2) is 42.6 Å². The molecule has 2 aromatic heterocycles. The molecule has 0 aliphatic heterocycles. The van der Waals surface area contributed by atoms with E-state index < -0.39 is 5.97 Å². The van der Waals surface area contributed by atoms with Crippen molar-refractivity contribution in [2.75, 3.05) is 11.9 Å². The van der Waals surface area contributed by atoms with Crippen molar-refractivity contribution in [1.29, 1.82) is 0 Å². The zero-order chi connectivity index (χ0) is 19.4. The van der Waals surface area contributed by atoms with Gasteiger partial charge in [0, 0.05) is 28.5 Å². The van der Waals surface area contributed by atoms with Gasteiger partial charge in [0.05, 0.1) is 12.3 Å². The topological polar surface area (TPSA) is 81.2 Å². The Balaban J connectivity index is 2.06. The second-order valence-corrected chi connectivity index (χ2v) is 6.27. The van der Waals surface area contributed by atoms with Crippen LogP contribution >= 0.6 is 0 Å². The summed E-state index contributed by atoms with van der Waals surface area (Å²) in [6.45, 7) is 5.69. The minimum Gasteiger partial charge on any atom is -0.462 e. The molecule has 0 bridgehead atoms. The molecule has 0 unspecified atom stereocenters. The van der Waals surface area contributed by atoms with Crippen molar-refractivity contribution in [2.45, 2.75) is 27.2 Å². The Morgan fingerprint density at radius 3 is 2.52 bits per heavy atom. The maximum absolute atomic E-state index is 12.5. The van der Waals surface area contributed by atoms with Crippen LogP contribution in [0.2, 0.25) is 0 Å². The number of hydrogen-bond acceptors (Lipinski definition) is 6. The van der Waals surface area contributed by atoms with E-state index >= 15 is 0 Å². The molecular formula is C21H21N3O3. The van der Waals surface area contributed by atoms with Gasteiger partial charge in [0.2, 0.25) is 0 Å². The number of fused-ring (bicyclic) bond motifs is 1. The van der Waals surface area contributed by atoms with Crippen LogP contribution < -0.4 is 5.32 Å². The highest BCUT2D eigenvalue weighted by Crippen LogP contribution is 2.29. The first-order chi connectivity index (χ1) is 13.0. The molecule has 0 amide bonds. The van der Waals surface area contributed by atoms with Crippen LogP contribution in [0.3, 0.4) is 0 Å². The lowest BCUT2D eigenvalue weighted by molar-refractivity contribution is 0.0506. The van der Waals surface area contributed by atoms with E-state index in [0.717, 1.165) is 23.2 Å². The number of ether oxygens (including phenoxy) is 1. The number of ketones is 1. The van der Waals surface area contributed by atoms with Crippen molar-refractivity contribution in [3.63, 3.8) is 0 Å². The fraction of sp³-hybridized carbons (Fsp3) is 0.238. The van der Waals surface area contributed by atoms with Gasteiger partial charge >= 0.3 is 5.97 Å². The molecule has 0 spiro atoms. The first-order valence-electron chi connectivity index (χ1n) is 8.81. The Morgan fingerprint density at radius 2 is 1.85 bits per heavy atom. The molecule has 1 aromatic carbocycles. The number of hydrogen-bond donors (Lipinski definition) is 1. The van der Waals surface area contributed by atoms with E-state index in [1.54, 1.807) is 24.3 Å². The summed E-state index contributed by atoms with van der Waals surface area (Å²) in [6, 6.07) is 10.8. The normalized spacial score (nSPS) is 10.6. The van der Waals surface area contributed by atoms with E-state index in [2.05, 4.69) is 15.3 Å². The molecule has 27 heavy (non-hydrogen) atoms. The maximum Gasteiger partial charge on any atom is 0.341 e. The first kappa shape index (κ1) is 18.5. The summed E-state index contributed by atoms with van der Waals surface area (Å²) in [5.41, 5.74) is 3.69. The van der Waals surface area contributed by atoms with Crippen molar-refractivity contribution >= 4 is 34.2 Å². The smallest absolute Gasteiger partial charge is 0.341 e. The van der Waals surface area contributed by atoms with Gasteiger partial charge in [-0.25, -0.2) is 14.8 Å². The molecule has 0 saturated heterocycles. The van der Waals surface area contributed by atoms with Gasteiger partial charge in [-0.2, -0.15) is 0 Å². The molecule has 0 fully saturated rings. The zero-order valence-electron chi connectivity index (χ0n) is 15.6. The van der Waals surface area contributed by atoms with Crippen LogP contribution in [0.4, 0.5) is 11.4 Å². The third kappa shape index (κ3) is 4.11. The van der Waals surface area contributed by atoms with Crippen LogP contribution in [0.5, 0.6) is 0 Å². The number of nitrogens with zero attached hydrogens (tertiary/aromatic N) is 2. The lowest BCUT2D eigenvalue weighted by Crippen LogP contribution is -2.10. The fourth-order valence-corrected chi connectivity index (χ4v) is 2.67. The third-order valence-corrected chi connectivity index (χ3v) is 4.09. The lowest BCUT2D eigenvalue weighted by atomic mass is 10.1. The summed E-state index contributed by atoms with van der Waals surface area (Å²) >= 11 is 0. The minimum atomic E-state index is -0.435. The number of esters is 1. The number of Topliss-reactive ketones (excluding diaryl/α,β-unsaturated/α-hetero) is 1. The van der Waals surface area contributed by atoms with Crippen LogP contribution in [0.25, 0.3) is 11.0 Å². The quantitative estimate of drug-likeness (QED) is 0.515. The van der Waals surface area contributed by atoms with Crippen molar-refractivity contribution in [1.82, 2.24) is 9.97 Å².